The van der Waals surface area contributed by atoms with Gasteiger partial charge in [-0.05, 0) is 47.9 Å². The van der Waals surface area contributed by atoms with Gasteiger partial charge in [0.15, 0.2) is 17.5 Å². The Morgan fingerprint density at radius 3 is 2.87 bits per heavy atom. The molecule has 0 aromatic carbocycles. The first-order valence-electron chi connectivity index (χ1n) is 10.3. The molecule has 9 heteroatoms. The number of rotatable bonds is 6. The molecule has 1 aliphatic carbocycles. The third-order valence-electron chi connectivity index (χ3n) is 5.39. The standard InChI is InChI=1S/C21H24FIN6O/c1-2-5-18(30)27-16-6-3-4-7-17(16)28-21-15(22)11-26-20(29-21)14-10-25-19-13(14)8-12(23)9-24-19/h8-11,16-17H,2-7H2,1H3,(H,24,25)(H,27,30)(H,26,28,29)/t16?,17-/m1/s1. The van der Waals surface area contributed by atoms with Gasteiger partial charge in [-0.15, -0.1) is 0 Å². The lowest BCUT2D eigenvalue weighted by Crippen LogP contribution is -2.48. The van der Waals surface area contributed by atoms with Gasteiger partial charge in [-0.25, -0.2) is 19.3 Å². The van der Waals surface area contributed by atoms with Crippen LogP contribution in [0, 0.1) is 9.39 Å². The second-order valence-corrected chi connectivity index (χ2v) is 8.85. The fraction of sp³-hybridized carbons (Fsp3) is 0.429. The molecule has 0 spiro atoms. The molecule has 3 N–H and O–H groups in total. The summed E-state index contributed by atoms with van der Waals surface area (Å²) >= 11 is 2.20. The Morgan fingerprint density at radius 1 is 1.27 bits per heavy atom. The molecule has 7 nitrogen and oxygen atoms in total. The molecule has 158 valence electrons. The lowest BCUT2D eigenvalue weighted by atomic mass is 9.90. The number of fused-ring (bicyclic) bond motifs is 1. The molecule has 1 amide bonds. The monoisotopic (exact) mass is 522 g/mol. The van der Waals surface area contributed by atoms with Gasteiger partial charge in [0.2, 0.25) is 5.91 Å². The molecule has 0 bridgehead atoms. The summed E-state index contributed by atoms with van der Waals surface area (Å²) in [5.41, 5.74) is 1.51. The highest BCUT2D eigenvalue weighted by molar-refractivity contribution is 14.1. The first-order chi connectivity index (χ1) is 14.5. The molecule has 0 saturated heterocycles. The van der Waals surface area contributed by atoms with Crippen LogP contribution in [0.1, 0.15) is 45.4 Å². The van der Waals surface area contributed by atoms with Crippen LogP contribution in [0.25, 0.3) is 22.4 Å². The van der Waals surface area contributed by atoms with Crippen LogP contribution >= 0.6 is 22.6 Å². The van der Waals surface area contributed by atoms with Crippen molar-refractivity contribution in [2.75, 3.05) is 5.32 Å². The molecule has 4 rings (SSSR count). The third kappa shape index (κ3) is 4.55. The van der Waals surface area contributed by atoms with Crippen molar-refractivity contribution in [1.29, 1.82) is 0 Å². The molecule has 1 saturated carbocycles. The van der Waals surface area contributed by atoms with Crippen molar-refractivity contribution >= 4 is 45.3 Å². The lowest BCUT2D eigenvalue weighted by molar-refractivity contribution is -0.122. The minimum atomic E-state index is -0.504. The number of nitrogens with zero attached hydrogens (tertiary/aromatic N) is 3. The Labute approximate surface area is 187 Å². The highest BCUT2D eigenvalue weighted by Crippen LogP contribution is 2.28. The minimum absolute atomic E-state index is 0.0329. The summed E-state index contributed by atoms with van der Waals surface area (Å²) in [6, 6.07) is 1.89. The molecular weight excluding hydrogens is 498 g/mol. The number of pyridine rings is 1. The maximum Gasteiger partial charge on any atom is 0.220 e. The predicted molar refractivity (Wildman–Crippen MR) is 123 cm³/mol. The molecule has 30 heavy (non-hydrogen) atoms. The fourth-order valence-corrected chi connectivity index (χ4v) is 4.37. The summed E-state index contributed by atoms with van der Waals surface area (Å²) in [6.07, 6.45) is 9.87. The van der Waals surface area contributed by atoms with Gasteiger partial charge in [0.1, 0.15) is 5.65 Å². The number of carbonyl (C=O) groups excluding carboxylic acids is 1. The Bertz CT molecular complexity index is 1060. The van der Waals surface area contributed by atoms with Crippen LogP contribution in [-0.2, 0) is 4.79 Å². The van der Waals surface area contributed by atoms with Crippen LogP contribution in [0.5, 0.6) is 0 Å². The van der Waals surface area contributed by atoms with E-state index in [1.165, 1.54) is 6.20 Å². The van der Waals surface area contributed by atoms with E-state index < -0.39 is 5.82 Å². The van der Waals surface area contributed by atoms with Gasteiger partial charge in [-0.1, -0.05) is 19.8 Å². The first kappa shape index (κ1) is 21.0. The van der Waals surface area contributed by atoms with Crippen molar-refractivity contribution in [2.45, 2.75) is 57.5 Å². The molecule has 2 atom stereocenters. The smallest absolute Gasteiger partial charge is 0.220 e. The van der Waals surface area contributed by atoms with Gasteiger partial charge >= 0.3 is 0 Å². The largest absolute Gasteiger partial charge is 0.363 e. The Balaban J connectivity index is 1.59. The number of hydrogen-bond donors (Lipinski definition) is 3. The summed E-state index contributed by atoms with van der Waals surface area (Å²) in [5, 5.41) is 7.23. The lowest BCUT2D eigenvalue weighted by Gasteiger charge is -2.33. The number of amides is 1. The van der Waals surface area contributed by atoms with Gasteiger partial charge < -0.3 is 15.6 Å². The molecule has 0 radical (unpaired) electrons. The third-order valence-corrected chi connectivity index (χ3v) is 5.98. The van der Waals surface area contributed by atoms with Crippen molar-refractivity contribution in [3.05, 3.63) is 34.0 Å². The number of aromatic amines is 1. The number of hydrogen-bond acceptors (Lipinski definition) is 5. The first-order valence-corrected chi connectivity index (χ1v) is 11.3. The maximum absolute atomic E-state index is 14.6. The van der Waals surface area contributed by atoms with Crippen molar-refractivity contribution in [3.8, 4) is 11.4 Å². The number of aromatic nitrogens is 4. The van der Waals surface area contributed by atoms with Crippen LogP contribution in [-0.4, -0.2) is 37.9 Å². The van der Waals surface area contributed by atoms with E-state index in [1.807, 2.05) is 13.0 Å². The molecule has 3 heterocycles. The number of halogens is 2. The van der Waals surface area contributed by atoms with Crippen LogP contribution < -0.4 is 10.6 Å². The number of H-pyrrole nitrogens is 1. The van der Waals surface area contributed by atoms with Crippen molar-refractivity contribution in [1.82, 2.24) is 25.3 Å². The minimum Gasteiger partial charge on any atom is -0.363 e. The Hall–Kier alpha value is -2.30. The molecular formula is C21H24FIN6O. The normalized spacial score (nSPS) is 19.0. The van der Waals surface area contributed by atoms with Crippen molar-refractivity contribution in [2.24, 2.45) is 0 Å². The summed E-state index contributed by atoms with van der Waals surface area (Å²) in [6.45, 7) is 1.98. The number of nitrogens with one attached hydrogen (secondary N) is 3. The van der Waals surface area contributed by atoms with Gasteiger partial charge in [0.25, 0.3) is 0 Å². The number of carbonyl (C=O) groups is 1. The van der Waals surface area contributed by atoms with E-state index >= 15 is 0 Å². The van der Waals surface area contributed by atoms with Gasteiger partial charge in [-0.3, -0.25) is 4.79 Å². The summed E-state index contributed by atoms with van der Waals surface area (Å²) < 4.78 is 15.6. The second kappa shape index (κ2) is 9.23. The molecule has 1 unspecified atom stereocenters. The van der Waals surface area contributed by atoms with Crippen molar-refractivity contribution < 1.29 is 9.18 Å². The van der Waals surface area contributed by atoms with E-state index in [0.29, 0.717) is 12.2 Å². The van der Waals surface area contributed by atoms with Gasteiger partial charge in [0.05, 0.1) is 6.20 Å². The van der Waals surface area contributed by atoms with Gasteiger partial charge in [0, 0.05) is 45.4 Å². The zero-order valence-corrected chi connectivity index (χ0v) is 18.9. The zero-order valence-electron chi connectivity index (χ0n) is 16.7. The summed E-state index contributed by atoms with van der Waals surface area (Å²) in [7, 11) is 0. The van der Waals surface area contributed by atoms with Crippen LogP contribution in [0.2, 0.25) is 0 Å². The average Bonchev–Trinajstić information content (AvgIpc) is 3.14. The van der Waals surface area contributed by atoms with Gasteiger partial charge in [-0.2, -0.15) is 0 Å². The molecule has 1 aliphatic rings. The van der Waals surface area contributed by atoms with E-state index in [2.05, 4.69) is 53.2 Å². The Kier molecular flexibility index (Phi) is 6.45. The summed E-state index contributed by atoms with van der Waals surface area (Å²) in [5.74, 6) is 0.127. The van der Waals surface area contributed by atoms with Crippen molar-refractivity contribution in [3.63, 3.8) is 0 Å². The predicted octanol–water partition coefficient (Wildman–Crippen LogP) is 4.40. The van der Waals surface area contributed by atoms with E-state index in [4.69, 9.17) is 0 Å². The highest BCUT2D eigenvalue weighted by Gasteiger charge is 2.27. The van der Waals surface area contributed by atoms with Crippen LogP contribution in [0.4, 0.5) is 10.2 Å². The Morgan fingerprint density at radius 2 is 2.07 bits per heavy atom. The summed E-state index contributed by atoms with van der Waals surface area (Å²) in [4.78, 5) is 28.2. The SMILES string of the molecule is CCCC(=O)NC1CCCC[C@H]1Nc1nc(-c2c[nH]c3ncc(I)cc23)ncc1F. The fourth-order valence-electron chi connectivity index (χ4n) is 3.92. The highest BCUT2D eigenvalue weighted by atomic mass is 127. The van der Waals surface area contributed by atoms with E-state index in [0.717, 1.165) is 52.3 Å². The molecule has 3 aromatic rings. The van der Waals surface area contributed by atoms with Crippen LogP contribution in [0.3, 0.4) is 0 Å². The average molecular weight is 522 g/mol. The second-order valence-electron chi connectivity index (χ2n) is 7.60. The van der Waals surface area contributed by atoms with E-state index in [-0.39, 0.29) is 23.8 Å². The number of anilines is 1. The maximum atomic E-state index is 14.6. The van der Waals surface area contributed by atoms with Crippen LogP contribution in [0.15, 0.2) is 24.7 Å². The molecule has 0 aliphatic heterocycles. The topological polar surface area (TPSA) is 95.6 Å². The zero-order chi connectivity index (χ0) is 21.1. The van der Waals surface area contributed by atoms with E-state index in [1.54, 1.807) is 12.4 Å². The molecule has 3 aromatic heterocycles. The molecule has 1 fully saturated rings. The van der Waals surface area contributed by atoms with E-state index in [9.17, 15) is 9.18 Å². The quantitative estimate of drug-likeness (QED) is 0.417.